The van der Waals surface area contributed by atoms with E-state index in [1.54, 1.807) is 7.05 Å². The first-order valence-electron chi connectivity index (χ1n) is 12.9. The summed E-state index contributed by atoms with van der Waals surface area (Å²) in [5, 5.41) is 3.04. The second-order valence-corrected chi connectivity index (χ2v) is 11.8. The van der Waals surface area contributed by atoms with Crippen LogP contribution >= 0.6 is 0 Å². The van der Waals surface area contributed by atoms with Crippen molar-refractivity contribution >= 4 is 23.7 Å². The Balaban J connectivity index is 3.27. The Bertz CT molecular complexity index is 937. The Morgan fingerprint density at radius 1 is 0.946 bits per heavy atom. The number of hydrogen-bond donors (Lipinski definition) is 1. The molecule has 0 heterocycles. The van der Waals surface area contributed by atoms with E-state index in [1.165, 1.54) is 24.0 Å². The van der Waals surface area contributed by atoms with Gasteiger partial charge < -0.3 is 19.9 Å². The van der Waals surface area contributed by atoms with Gasteiger partial charge in [-0.3, -0.25) is 19.2 Å². The molecule has 3 amide bonds. The quantitative estimate of drug-likeness (QED) is 0.452. The monoisotopic (exact) mass is 517 g/mol. The summed E-state index contributed by atoms with van der Waals surface area (Å²) >= 11 is 0. The molecule has 1 rings (SSSR count). The molecule has 208 valence electrons. The van der Waals surface area contributed by atoms with Gasteiger partial charge in [-0.25, -0.2) is 0 Å². The predicted molar refractivity (Wildman–Crippen MR) is 146 cm³/mol. The fraction of sp³-hybridized carbons (Fsp3) is 0.655. The molecule has 1 N–H and O–H groups in total. The van der Waals surface area contributed by atoms with Gasteiger partial charge >= 0.3 is 5.97 Å². The lowest BCUT2D eigenvalue weighted by Gasteiger charge is -2.40. The number of benzene rings is 1. The van der Waals surface area contributed by atoms with Crippen molar-refractivity contribution in [1.29, 1.82) is 0 Å². The molecular weight excluding hydrogens is 470 g/mol. The van der Waals surface area contributed by atoms with E-state index in [-0.39, 0.29) is 36.1 Å². The van der Waals surface area contributed by atoms with Crippen LogP contribution in [0.4, 0.5) is 0 Å². The van der Waals surface area contributed by atoms with Crippen molar-refractivity contribution < 1.29 is 23.9 Å². The Morgan fingerprint density at radius 3 is 1.92 bits per heavy atom. The molecule has 3 atom stereocenters. The highest BCUT2D eigenvalue weighted by Crippen LogP contribution is 2.34. The summed E-state index contributed by atoms with van der Waals surface area (Å²) in [7, 11) is 4.34. The van der Waals surface area contributed by atoms with Crippen LogP contribution in [0.1, 0.15) is 67.4 Å². The van der Waals surface area contributed by atoms with Crippen molar-refractivity contribution in [2.45, 2.75) is 79.3 Å². The van der Waals surface area contributed by atoms with Crippen LogP contribution in [0.2, 0.25) is 0 Å². The SMILES string of the molecule is CC[C@H](C(=O)N[C@H](C(=O)N(C)[C@H](C(=O)N(C)CC(=O)OC)C(C)C)C(C)(C)C)C(C)(C)c1ccccc1. The van der Waals surface area contributed by atoms with Gasteiger partial charge in [0, 0.05) is 25.4 Å². The first kappa shape index (κ1) is 32.1. The normalized spacial score (nSPS) is 14.4. The third-order valence-corrected chi connectivity index (χ3v) is 7.13. The summed E-state index contributed by atoms with van der Waals surface area (Å²) in [6, 6.07) is 8.22. The summed E-state index contributed by atoms with van der Waals surface area (Å²) in [6.45, 7) is 15.2. The van der Waals surface area contributed by atoms with Crippen molar-refractivity contribution in [3.8, 4) is 0 Å². The van der Waals surface area contributed by atoms with Crippen LogP contribution < -0.4 is 5.32 Å². The number of esters is 1. The van der Waals surface area contributed by atoms with Gasteiger partial charge in [0.05, 0.1) is 7.11 Å². The number of likely N-dealkylation sites (N-methyl/N-ethyl adjacent to an activating group) is 2. The van der Waals surface area contributed by atoms with E-state index >= 15 is 0 Å². The Morgan fingerprint density at radius 2 is 1.49 bits per heavy atom. The van der Waals surface area contributed by atoms with Crippen LogP contribution in [0.15, 0.2) is 30.3 Å². The number of carbonyl (C=O) groups is 4. The first-order valence-corrected chi connectivity index (χ1v) is 12.9. The summed E-state index contributed by atoms with van der Waals surface area (Å²) in [5.41, 5.74) is -0.0183. The lowest BCUT2D eigenvalue weighted by molar-refractivity contribution is -0.152. The zero-order valence-corrected chi connectivity index (χ0v) is 24.5. The van der Waals surface area contributed by atoms with Crippen molar-refractivity contribution in [3.05, 3.63) is 35.9 Å². The number of carbonyl (C=O) groups excluding carboxylic acids is 4. The molecule has 0 fully saturated rings. The summed E-state index contributed by atoms with van der Waals surface area (Å²) in [5.74, 6) is -2.06. The molecule has 37 heavy (non-hydrogen) atoms. The molecular formula is C29H47N3O5. The van der Waals surface area contributed by atoms with Crippen LogP contribution in [0.3, 0.4) is 0 Å². The average molecular weight is 518 g/mol. The van der Waals surface area contributed by atoms with E-state index in [0.717, 1.165) is 5.56 Å². The van der Waals surface area contributed by atoms with E-state index < -0.39 is 28.9 Å². The molecule has 1 aromatic rings. The predicted octanol–water partition coefficient (Wildman–Crippen LogP) is 3.64. The average Bonchev–Trinajstić information content (AvgIpc) is 2.81. The molecule has 0 unspecified atom stereocenters. The Labute approximate surface area is 223 Å². The minimum atomic E-state index is -0.856. The number of methoxy groups -OCH3 is 1. The molecule has 8 heteroatoms. The summed E-state index contributed by atoms with van der Waals surface area (Å²) < 4.78 is 4.68. The number of nitrogens with one attached hydrogen (secondary N) is 1. The van der Waals surface area contributed by atoms with Crippen molar-refractivity contribution in [2.24, 2.45) is 17.3 Å². The van der Waals surface area contributed by atoms with Gasteiger partial charge in [-0.2, -0.15) is 0 Å². The Hall–Kier alpha value is -2.90. The van der Waals surface area contributed by atoms with Crippen molar-refractivity contribution in [2.75, 3.05) is 27.7 Å². The fourth-order valence-electron chi connectivity index (χ4n) is 4.78. The van der Waals surface area contributed by atoms with E-state index in [0.29, 0.717) is 6.42 Å². The minimum absolute atomic E-state index is 0.201. The van der Waals surface area contributed by atoms with Gasteiger partial charge in [0.2, 0.25) is 17.7 Å². The standard InChI is InChI=1S/C29H47N3O5/c1-12-21(29(7,8)20-16-14-13-15-17-20)25(34)30-24(28(4,5)6)27(36)32(10)23(19(2)3)26(35)31(9)18-22(33)37-11/h13-17,19,21,23-24H,12,18H2,1-11H3,(H,30,34)/t21-,23+,24-/m1/s1. The Kier molecular flexibility index (Phi) is 11.3. The van der Waals surface area contributed by atoms with E-state index in [4.69, 9.17) is 0 Å². The van der Waals surface area contributed by atoms with Gasteiger partial charge in [0.15, 0.2) is 0 Å². The van der Waals surface area contributed by atoms with Crippen LogP contribution in [-0.4, -0.2) is 73.3 Å². The first-order chi connectivity index (χ1) is 17.0. The molecule has 0 bridgehead atoms. The van der Waals surface area contributed by atoms with Crippen LogP contribution in [0.5, 0.6) is 0 Å². The molecule has 0 radical (unpaired) electrons. The highest BCUT2D eigenvalue weighted by molar-refractivity contribution is 5.94. The molecule has 0 aliphatic carbocycles. The molecule has 0 aliphatic heterocycles. The molecule has 0 aromatic heterocycles. The molecule has 0 aliphatic rings. The van der Waals surface area contributed by atoms with Crippen molar-refractivity contribution in [1.82, 2.24) is 15.1 Å². The number of hydrogen-bond acceptors (Lipinski definition) is 5. The lowest BCUT2D eigenvalue weighted by atomic mass is 9.71. The highest BCUT2D eigenvalue weighted by Gasteiger charge is 2.43. The second kappa shape index (κ2) is 13.1. The number of nitrogens with zero attached hydrogens (tertiary/aromatic N) is 2. The fourth-order valence-corrected chi connectivity index (χ4v) is 4.78. The third-order valence-electron chi connectivity index (χ3n) is 7.13. The third kappa shape index (κ3) is 8.04. The van der Waals surface area contributed by atoms with Crippen LogP contribution in [-0.2, 0) is 29.3 Å². The summed E-state index contributed by atoms with van der Waals surface area (Å²) in [6.07, 6.45) is 0.597. The maximum Gasteiger partial charge on any atom is 0.325 e. The zero-order chi connectivity index (χ0) is 28.7. The molecule has 1 aromatic carbocycles. The molecule has 0 spiro atoms. The van der Waals surface area contributed by atoms with E-state index in [2.05, 4.69) is 10.1 Å². The van der Waals surface area contributed by atoms with Gasteiger partial charge in [0.1, 0.15) is 18.6 Å². The number of rotatable bonds is 11. The zero-order valence-electron chi connectivity index (χ0n) is 24.5. The minimum Gasteiger partial charge on any atom is -0.468 e. The number of ether oxygens (including phenoxy) is 1. The maximum absolute atomic E-state index is 13.9. The van der Waals surface area contributed by atoms with Gasteiger partial charge in [-0.15, -0.1) is 0 Å². The van der Waals surface area contributed by atoms with Gasteiger partial charge in [0.25, 0.3) is 0 Å². The van der Waals surface area contributed by atoms with Gasteiger partial charge in [-0.1, -0.05) is 85.7 Å². The topological polar surface area (TPSA) is 96.0 Å². The van der Waals surface area contributed by atoms with Gasteiger partial charge in [-0.05, 0) is 23.3 Å². The molecule has 0 saturated carbocycles. The summed E-state index contributed by atoms with van der Waals surface area (Å²) in [4.78, 5) is 55.2. The lowest BCUT2D eigenvalue weighted by Crippen LogP contribution is -2.60. The number of amides is 3. The van der Waals surface area contributed by atoms with E-state index in [9.17, 15) is 19.2 Å². The van der Waals surface area contributed by atoms with E-state index in [1.807, 2.05) is 85.7 Å². The molecule has 0 saturated heterocycles. The van der Waals surface area contributed by atoms with Crippen LogP contribution in [0, 0.1) is 17.3 Å². The van der Waals surface area contributed by atoms with Crippen LogP contribution in [0.25, 0.3) is 0 Å². The highest BCUT2D eigenvalue weighted by atomic mass is 16.5. The molecule has 8 nitrogen and oxygen atoms in total. The smallest absolute Gasteiger partial charge is 0.325 e. The largest absolute Gasteiger partial charge is 0.468 e. The second-order valence-electron chi connectivity index (χ2n) is 11.8. The maximum atomic E-state index is 13.9. The van der Waals surface area contributed by atoms with Crippen molar-refractivity contribution in [3.63, 3.8) is 0 Å².